The molecule has 40 valence electrons. The van der Waals surface area contributed by atoms with E-state index in [1.807, 2.05) is 31.2 Å². The summed E-state index contributed by atoms with van der Waals surface area (Å²) in [7, 11) is 0. The van der Waals surface area contributed by atoms with Crippen molar-refractivity contribution < 1.29 is 0 Å². The third-order valence-corrected chi connectivity index (χ3v) is 0.576. The van der Waals surface area contributed by atoms with Crippen molar-refractivity contribution in [1.29, 1.82) is 0 Å². The Balaban J connectivity index is 3.09. The van der Waals surface area contributed by atoms with Crippen LogP contribution in [0, 0.1) is 0 Å². The summed E-state index contributed by atoms with van der Waals surface area (Å²) in [6, 6.07) is 0. The van der Waals surface area contributed by atoms with Crippen LogP contribution in [0.25, 0.3) is 0 Å². The van der Waals surface area contributed by atoms with Crippen LogP contribution >= 0.6 is 0 Å². The van der Waals surface area contributed by atoms with Crippen molar-refractivity contribution in [2.75, 3.05) is 6.54 Å². The predicted molar refractivity (Wildman–Crippen MR) is 33.0 cm³/mol. The molecule has 0 saturated heterocycles. The molecule has 7 heavy (non-hydrogen) atoms. The highest BCUT2D eigenvalue weighted by Crippen LogP contribution is 1.71. The first kappa shape index (κ1) is 6.44. The number of hydrogen-bond donors (Lipinski definition) is 1. The minimum atomic E-state index is 0.629. The van der Waals surface area contributed by atoms with Gasteiger partial charge >= 0.3 is 0 Å². The van der Waals surface area contributed by atoms with Gasteiger partial charge in [0.25, 0.3) is 0 Å². The van der Waals surface area contributed by atoms with Gasteiger partial charge in [-0.05, 0) is 6.92 Å². The molecule has 0 aromatic heterocycles. The molecule has 0 heterocycles. The molecule has 1 nitrogen and oxygen atoms in total. The third-order valence-electron chi connectivity index (χ3n) is 0.576. The Bertz CT molecular complexity index is 72.2. The molecule has 0 fully saturated rings. The van der Waals surface area contributed by atoms with E-state index in [-0.39, 0.29) is 0 Å². The minimum Gasteiger partial charge on any atom is -0.327 e. The van der Waals surface area contributed by atoms with Crippen molar-refractivity contribution in [3.05, 3.63) is 24.3 Å². The van der Waals surface area contributed by atoms with Gasteiger partial charge in [-0.2, -0.15) is 0 Å². The Morgan fingerprint density at radius 3 is 2.57 bits per heavy atom. The van der Waals surface area contributed by atoms with Crippen LogP contribution in [0.1, 0.15) is 6.92 Å². The van der Waals surface area contributed by atoms with Gasteiger partial charge in [0.2, 0.25) is 0 Å². The fourth-order valence-corrected chi connectivity index (χ4v) is 0.268. The van der Waals surface area contributed by atoms with Crippen molar-refractivity contribution in [3.8, 4) is 0 Å². The second-order valence-electron chi connectivity index (χ2n) is 1.19. The lowest BCUT2D eigenvalue weighted by molar-refractivity contribution is 1.25. The Morgan fingerprint density at radius 2 is 2.14 bits per heavy atom. The van der Waals surface area contributed by atoms with Gasteiger partial charge in [-0.25, -0.2) is 0 Å². The summed E-state index contributed by atoms with van der Waals surface area (Å²) in [6.45, 7) is 2.60. The molecule has 0 amide bonds. The van der Waals surface area contributed by atoms with E-state index in [4.69, 9.17) is 5.73 Å². The maximum Gasteiger partial charge on any atom is 0.0109 e. The minimum absolute atomic E-state index is 0.629. The van der Waals surface area contributed by atoms with Crippen LogP contribution in [0.4, 0.5) is 0 Å². The zero-order valence-corrected chi connectivity index (χ0v) is 4.59. The zero-order chi connectivity index (χ0) is 5.54. The number of rotatable bonds is 2. The van der Waals surface area contributed by atoms with Crippen molar-refractivity contribution in [3.63, 3.8) is 0 Å². The average molecular weight is 97.2 g/mol. The fraction of sp³-hybridized carbons (Fsp3) is 0.333. The van der Waals surface area contributed by atoms with E-state index < -0.39 is 0 Å². The number of hydrogen-bond acceptors (Lipinski definition) is 1. The van der Waals surface area contributed by atoms with Gasteiger partial charge < -0.3 is 5.73 Å². The van der Waals surface area contributed by atoms with E-state index in [9.17, 15) is 0 Å². The summed E-state index contributed by atoms with van der Waals surface area (Å²) < 4.78 is 0. The summed E-state index contributed by atoms with van der Waals surface area (Å²) in [5.41, 5.74) is 5.15. The maximum atomic E-state index is 5.15. The summed E-state index contributed by atoms with van der Waals surface area (Å²) in [4.78, 5) is 0. The normalized spacial score (nSPS) is 11.7. The van der Waals surface area contributed by atoms with Crippen LogP contribution in [-0.4, -0.2) is 6.54 Å². The standard InChI is InChI=1S/C6H11N/c1-2-3-4-5-6-7/h2-5H,6-7H2,1H3/b3-2-,5-4+. The van der Waals surface area contributed by atoms with Gasteiger partial charge in [0.05, 0.1) is 0 Å². The Labute approximate surface area is 44.5 Å². The lowest BCUT2D eigenvalue weighted by atomic mass is 10.4. The van der Waals surface area contributed by atoms with Crippen molar-refractivity contribution in [2.45, 2.75) is 6.92 Å². The molecule has 0 spiro atoms. The molecule has 0 bridgehead atoms. The molecule has 0 aromatic rings. The van der Waals surface area contributed by atoms with Gasteiger partial charge in [0, 0.05) is 6.54 Å². The molecule has 0 unspecified atom stereocenters. The van der Waals surface area contributed by atoms with Gasteiger partial charge in [-0.3, -0.25) is 0 Å². The van der Waals surface area contributed by atoms with Crippen LogP contribution in [0.3, 0.4) is 0 Å². The SMILES string of the molecule is C/C=C\C=C\CN. The van der Waals surface area contributed by atoms with E-state index in [2.05, 4.69) is 0 Å². The van der Waals surface area contributed by atoms with Crippen LogP contribution in [0.15, 0.2) is 24.3 Å². The van der Waals surface area contributed by atoms with Crippen LogP contribution in [-0.2, 0) is 0 Å². The average Bonchev–Trinajstić information content (AvgIpc) is 1.69. The summed E-state index contributed by atoms with van der Waals surface area (Å²) >= 11 is 0. The molecule has 0 aromatic carbocycles. The first-order chi connectivity index (χ1) is 3.41. The Kier molecular flexibility index (Phi) is 5.00. The summed E-state index contributed by atoms with van der Waals surface area (Å²) in [5, 5.41) is 0. The second kappa shape index (κ2) is 5.44. The molecule has 0 rings (SSSR count). The summed E-state index contributed by atoms with van der Waals surface area (Å²) in [6.07, 6.45) is 7.75. The molecule has 0 aliphatic carbocycles. The molecule has 0 saturated carbocycles. The Hall–Kier alpha value is -0.560. The van der Waals surface area contributed by atoms with E-state index in [0.717, 1.165) is 0 Å². The quantitative estimate of drug-likeness (QED) is 0.512. The summed E-state index contributed by atoms with van der Waals surface area (Å²) in [5.74, 6) is 0. The van der Waals surface area contributed by atoms with Crippen LogP contribution < -0.4 is 5.73 Å². The second-order valence-corrected chi connectivity index (χ2v) is 1.19. The van der Waals surface area contributed by atoms with Gasteiger partial charge in [0.15, 0.2) is 0 Å². The zero-order valence-electron chi connectivity index (χ0n) is 4.59. The molecule has 1 heteroatoms. The lowest BCUT2D eigenvalue weighted by Crippen LogP contribution is -1.91. The van der Waals surface area contributed by atoms with Crippen LogP contribution in [0.2, 0.25) is 0 Å². The van der Waals surface area contributed by atoms with Crippen molar-refractivity contribution >= 4 is 0 Å². The fourth-order valence-electron chi connectivity index (χ4n) is 0.268. The predicted octanol–water partition coefficient (Wildman–Crippen LogP) is 1.08. The lowest BCUT2D eigenvalue weighted by Gasteiger charge is -1.71. The first-order valence-corrected chi connectivity index (χ1v) is 2.39. The van der Waals surface area contributed by atoms with E-state index >= 15 is 0 Å². The largest absolute Gasteiger partial charge is 0.327 e. The van der Waals surface area contributed by atoms with Crippen LogP contribution in [0.5, 0.6) is 0 Å². The van der Waals surface area contributed by atoms with Gasteiger partial charge in [0.1, 0.15) is 0 Å². The first-order valence-electron chi connectivity index (χ1n) is 2.39. The van der Waals surface area contributed by atoms with Crippen molar-refractivity contribution in [1.82, 2.24) is 0 Å². The highest BCUT2D eigenvalue weighted by Gasteiger charge is 1.57. The van der Waals surface area contributed by atoms with Crippen molar-refractivity contribution in [2.24, 2.45) is 5.73 Å². The highest BCUT2D eigenvalue weighted by molar-refractivity contribution is 5.01. The molecule has 0 radical (unpaired) electrons. The Morgan fingerprint density at radius 1 is 1.43 bits per heavy atom. The monoisotopic (exact) mass is 97.1 g/mol. The van der Waals surface area contributed by atoms with E-state index in [1.54, 1.807) is 0 Å². The van der Waals surface area contributed by atoms with Gasteiger partial charge in [-0.15, -0.1) is 0 Å². The molecule has 0 aliphatic heterocycles. The molecule has 2 N–H and O–H groups in total. The third kappa shape index (κ3) is 5.44. The number of nitrogens with two attached hydrogens (primary N) is 1. The topological polar surface area (TPSA) is 26.0 Å². The van der Waals surface area contributed by atoms with E-state index in [1.165, 1.54) is 0 Å². The van der Waals surface area contributed by atoms with Gasteiger partial charge in [-0.1, -0.05) is 24.3 Å². The van der Waals surface area contributed by atoms with E-state index in [0.29, 0.717) is 6.54 Å². The molecular weight excluding hydrogens is 86.1 g/mol. The smallest absolute Gasteiger partial charge is 0.0109 e. The number of allylic oxidation sites excluding steroid dienone is 3. The molecular formula is C6H11N. The maximum absolute atomic E-state index is 5.15. The molecule has 0 atom stereocenters. The molecule has 0 aliphatic rings. The highest BCUT2D eigenvalue weighted by atomic mass is 14.5.